The van der Waals surface area contributed by atoms with E-state index in [-0.39, 0.29) is 6.09 Å². The minimum Gasteiger partial charge on any atom is -0.467 e. The van der Waals surface area contributed by atoms with Crippen molar-refractivity contribution in [1.29, 1.82) is 0 Å². The molecule has 0 aliphatic carbocycles. The van der Waals surface area contributed by atoms with Crippen LogP contribution in [0.5, 0.6) is 0 Å². The van der Waals surface area contributed by atoms with Crippen LogP contribution in [0.2, 0.25) is 0 Å². The second-order valence-corrected chi connectivity index (χ2v) is 5.89. The molecule has 8 heteroatoms. The lowest BCUT2D eigenvalue weighted by Gasteiger charge is -2.35. The lowest BCUT2D eigenvalue weighted by Crippen LogP contribution is -2.53. The number of furan rings is 1. The van der Waals surface area contributed by atoms with Gasteiger partial charge in [0.05, 0.1) is 12.9 Å². The highest BCUT2D eigenvalue weighted by Gasteiger charge is 2.23. The zero-order valence-electron chi connectivity index (χ0n) is 15.8. The van der Waals surface area contributed by atoms with E-state index in [1.807, 2.05) is 19.1 Å². The second-order valence-electron chi connectivity index (χ2n) is 5.89. The Balaban J connectivity index is 1.70. The minimum atomic E-state index is -0.234. The predicted octanol–water partition coefficient (Wildman–Crippen LogP) is 1.93. The Morgan fingerprint density at radius 1 is 1.27 bits per heavy atom. The molecule has 8 nitrogen and oxygen atoms in total. The van der Waals surface area contributed by atoms with Gasteiger partial charge in [-0.1, -0.05) is 0 Å². The number of hydrogen-bond acceptors (Lipinski definition) is 5. The van der Waals surface area contributed by atoms with Gasteiger partial charge in [-0.15, -0.1) is 0 Å². The number of nitrogens with one attached hydrogen (secondary N) is 1. The third-order valence-electron chi connectivity index (χ3n) is 3.97. The molecule has 0 bridgehead atoms. The van der Waals surface area contributed by atoms with Gasteiger partial charge in [0.1, 0.15) is 12.4 Å². The monoisotopic (exact) mass is 366 g/mol. The largest absolute Gasteiger partial charge is 0.467 e. The van der Waals surface area contributed by atoms with Crippen LogP contribution in [0.4, 0.5) is 4.79 Å². The minimum absolute atomic E-state index is 0.234. The van der Waals surface area contributed by atoms with Crippen molar-refractivity contribution in [1.82, 2.24) is 15.1 Å². The lowest BCUT2D eigenvalue weighted by atomic mass is 10.3. The quantitative estimate of drug-likeness (QED) is 0.430. The number of hydrogen-bond donors (Lipinski definition) is 1. The van der Waals surface area contributed by atoms with Gasteiger partial charge in [0.15, 0.2) is 5.96 Å². The van der Waals surface area contributed by atoms with Crippen LogP contribution in [0.15, 0.2) is 27.8 Å². The summed E-state index contributed by atoms with van der Waals surface area (Å²) in [6.45, 7) is 9.71. The average Bonchev–Trinajstić information content (AvgIpc) is 3.17. The number of piperazine rings is 1. The molecule has 1 fully saturated rings. The normalized spacial score (nSPS) is 15.2. The molecule has 146 valence electrons. The van der Waals surface area contributed by atoms with Gasteiger partial charge in [0.2, 0.25) is 0 Å². The molecular weight excluding hydrogens is 336 g/mol. The van der Waals surface area contributed by atoms with E-state index >= 15 is 0 Å². The van der Waals surface area contributed by atoms with Crippen molar-refractivity contribution in [3.05, 3.63) is 24.2 Å². The molecule has 1 saturated heterocycles. The third kappa shape index (κ3) is 6.59. The summed E-state index contributed by atoms with van der Waals surface area (Å²) in [7, 11) is 0. The molecule has 26 heavy (non-hydrogen) atoms. The molecule has 0 spiro atoms. The highest BCUT2D eigenvalue weighted by Crippen LogP contribution is 2.05. The molecule has 2 heterocycles. The van der Waals surface area contributed by atoms with E-state index < -0.39 is 0 Å². The summed E-state index contributed by atoms with van der Waals surface area (Å²) < 4.78 is 15.9. The lowest BCUT2D eigenvalue weighted by molar-refractivity contribution is 0.0913. The smallest absolute Gasteiger partial charge is 0.409 e. The Labute approximate surface area is 155 Å². The van der Waals surface area contributed by atoms with E-state index in [0.29, 0.717) is 39.5 Å². The summed E-state index contributed by atoms with van der Waals surface area (Å²) in [5.41, 5.74) is 0. The van der Waals surface area contributed by atoms with Crippen LogP contribution in [-0.2, 0) is 16.1 Å². The first-order chi connectivity index (χ1) is 12.7. The Kier molecular flexibility index (Phi) is 8.82. The molecule has 0 unspecified atom stereocenters. The van der Waals surface area contributed by atoms with Crippen LogP contribution in [0.1, 0.15) is 26.0 Å². The van der Waals surface area contributed by atoms with E-state index in [0.717, 1.165) is 37.8 Å². The van der Waals surface area contributed by atoms with Gasteiger partial charge in [-0.25, -0.2) is 4.79 Å². The number of nitrogens with zero attached hydrogens (tertiary/aromatic N) is 3. The van der Waals surface area contributed by atoms with Crippen molar-refractivity contribution in [2.24, 2.45) is 4.99 Å². The van der Waals surface area contributed by atoms with Gasteiger partial charge < -0.3 is 29.0 Å². The molecule has 0 aromatic carbocycles. The molecule has 2 rings (SSSR count). The van der Waals surface area contributed by atoms with Crippen molar-refractivity contribution in [3.8, 4) is 0 Å². The standard InChI is InChI=1S/C18H30N4O4/c1-3-19-17(20-8-6-13-24-15-16-7-5-14-26-16)21-9-11-22(12-10-21)18(23)25-4-2/h5,7,14H,3-4,6,8-13,15H2,1-2H3,(H,19,20). The maximum Gasteiger partial charge on any atom is 0.409 e. The SMILES string of the molecule is CCNC(=NCCCOCc1ccco1)N1CCN(C(=O)OCC)CC1. The fourth-order valence-corrected chi connectivity index (χ4v) is 2.66. The van der Waals surface area contributed by atoms with Gasteiger partial charge in [0.25, 0.3) is 0 Å². The fourth-order valence-electron chi connectivity index (χ4n) is 2.66. The number of rotatable bonds is 8. The summed E-state index contributed by atoms with van der Waals surface area (Å²) in [6.07, 6.45) is 2.26. The van der Waals surface area contributed by atoms with Crippen LogP contribution >= 0.6 is 0 Å². The molecule has 1 amide bonds. The highest BCUT2D eigenvalue weighted by molar-refractivity contribution is 5.80. The second kappa shape index (κ2) is 11.4. The van der Waals surface area contributed by atoms with Crippen LogP contribution < -0.4 is 5.32 Å². The van der Waals surface area contributed by atoms with Crippen molar-refractivity contribution in [2.45, 2.75) is 26.9 Å². The van der Waals surface area contributed by atoms with Gasteiger partial charge >= 0.3 is 6.09 Å². The van der Waals surface area contributed by atoms with Gasteiger partial charge in [-0.3, -0.25) is 4.99 Å². The summed E-state index contributed by atoms with van der Waals surface area (Å²) >= 11 is 0. The van der Waals surface area contributed by atoms with Crippen molar-refractivity contribution in [2.75, 3.05) is 52.5 Å². The van der Waals surface area contributed by atoms with Crippen LogP contribution in [0, 0.1) is 0 Å². The van der Waals surface area contributed by atoms with Crippen molar-refractivity contribution >= 4 is 12.1 Å². The topological polar surface area (TPSA) is 79.5 Å². The van der Waals surface area contributed by atoms with E-state index in [2.05, 4.69) is 22.1 Å². The van der Waals surface area contributed by atoms with Crippen LogP contribution in [0.25, 0.3) is 0 Å². The number of carbonyl (C=O) groups is 1. The average molecular weight is 366 g/mol. The molecule has 1 N–H and O–H groups in total. The van der Waals surface area contributed by atoms with E-state index in [1.54, 1.807) is 11.2 Å². The van der Waals surface area contributed by atoms with Gasteiger partial charge in [0, 0.05) is 45.9 Å². The molecule has 1 aliphatic heterocycles. The first-order valence-corrected chi connectivity index (χ1v) is 9.29. The summed E-state index contributed by atoms with van der Waals surface area (Å²) in [4.78, 5) is 20.4. The maximum atomic E-state index is 11.8. The Bertz CT molecular complexity index is 539. The molecule has 1 aromatic heterocycles. The van der Waals surface area contributed by atoms with Gasteiger partial charge in [-0.05, 0) is 32.4 Å². The number of guanidine groups is 1. The number of carbonyl (C=O) groups excluding carboxylic acids is 1. The molecule has 1 aromatic rings. The van der Waals surface area contributed by atoms with E-state index in [4.69, 9.17) is 13.9 Å². The maximum absolute atomic E-state index is 11.8. The molecule has 1 aliphatic rings. The zero-order chi connectivity index (χ0) is 18.6. The van der Waals surface area contributed by atoms with Crippen LogP contribution in [0.3, 0.4) is 0 Å². The Morgan fingerprint density at radius 3 is 2.69 bits per heavy atom. The summed E-state index contributed by atoms with van der Waals surface area (Å²) in [5, 5.41) is 3.32. The summed E-state index contributed by atoms with van der Waals surface area (Å²) in [5.74, 6) is 1.73. The zero-order valence-corrected chi connectivity index (χ0v) is 15.8. The van der Waals surface area contributed by atoms with Crippen molar-refractivity contribution in [3.63, 3.8) is 0 Å². The van der Waals surface area contributed by atoms with E-state index in [1.165, 1.54) is 0 Å². The Hall–Kier alpha value is -2.22. The number of aliphatic imine (C=N–C) groups is 1. The molecule has 0 atom stereocenters. The third-order valence-corrected chi connectivity index (χ3v) is 3.97. The molecule has 0 saturated carbocycles. The predicted molar refractivity (Wildman–Crippen MR) is 99.1 cm³/mol. The first kappa shape index (κ1) is 20.1. The van der Waals surface area contributed by atoms with Crippen molar-refractivity contribution < 1.29 is 18.7 Å². The fraction of sp³-hybridized carbons (Fsp3) is 0.667. The molecular formula is C18H30N4O4. The van der Waals surface area contributed by atoms with Crippen LogP contribution in [-0.4, -0.2) is 74.3 Å². The Morgan fingerprint density at radius 2 is 2.04 bits per heavy atom. The summed E-state index contributed by atoms with van der Waals surface area (Å²) in [6, 6.07) is 3.75. The number of amides is 1. The molecule has 0 radical (unpaired) electrons. The first-order valence-electron chi connectivity index (χ1n) is 9.29. The highest BCUT2D eigenvalue weighted by atomic mass is 16.6. The van der Waals surface area contributed by atoms with Gasteiger partial charge in [-0.2, -0.15) is 0 Å². The van der Waals surface area contributed by atoms with E-state index in [9.17, 15) is 4.79 Å². The number of ether oxygens (including phenoxy) is 2.